The lowest BCUT2D eigenvalue weighted by Crippen LogP contribution is -2.43. The molecule has 0 aliphatic carbocycles. The van der Waals surface area contributed by atoms with Gasteiger partial charge in [-0.15, -0.1) is 0 Å². The normalized spacial score (nSPS) is 20.7. The summed E-state index contributed by atoms with van der Waals surface area (Å²) in [6.07, 6.45) is 9.56. The first kappa shape index (κ1) is 18.9. The van der Waals surface area contributed by atoms with Crippen molar-refractivity contribution in [3.63, 3.8) is 0 Å². The predicted molar refractivity (Wildman–Crippen MR) is 106 cm³/mol. The lowest BCUT2D eigenvalue weighted by molar-refractivity contribution is -0.184. The number of hydroxylamine groups is 2. The lowest BCUT2D eigenvalue weighted by atomic mass is 9.83. The fourth-order valence-electron chi connectivity index (χ4n) is 4.14. The van der Waals surface area contributed by atoms with Gasteiger partial charge in [0.25, 0.3) is 0 Å². The number of benzene rings is 2. The zero-order chi connectivity index (χ0) is 18.4. The molecule has 2 aromatic carbocycles. The van der Waals surface area contributed by atoms with Crippen molar-refractivity contribution in [2.75, 3.05) is 0 Å². The van der Waals surface area contributed by atoms with Gasteiger partial charge in [-0.2, -0.15) is 0 Å². The highest BCUT2D eigenvalue weighted by Gasteiger charge is 2.33. The van der Waals surface area contributed by atoms with E-state index in [2.05, 4.69) is 43.3 Å². The summed E-state index contributed by atoms with van der Waals surface area (Å²) in [5.74, 6) is 0.0750. The number of rotatable bonds is 8. The van der Waals surface area contributed by atoms with Crippen LogP contribution in [0.4, 0.5) is 0 Å². The van der Waals surface area contributed by atoms with Crippen molar-refractivity contribution in [1.29, 1.82) is 0 Å². The van der Waals surface area contributed by atoms with E-state index >= 15 is 0 Å². The van der Waals surface area contributed by atoms with Gasteiger partial charge in [-0.25, -0.2) is 5.06 Å². The molecule has 0 unspecified atom stereocenters. The maximum Gasteiger partial charge on any atom is 0.246 e. The minimum atomic E-state index is -0.134. The van der Waals surface area contributed by atoms with Gasteiger partial charge in [-0.3, -0.25) is 10.0 Å². The second-order valence-electron chi connectivity index (χ2n) is 7.69. The molecule has 1 aliphatic heterocycles. The van der Waals surface area contributed by atoms with Crippen molar-refractivity contribution in [3.05, 3.63) is 48.0 Å². The predicted octanol–water partition coefficient (Wildman–Crippen LogP) is 6.05. The highest BCUT2D eigenvalue weighted by atomic mass is 16.5. The van der Waals surface area contributed by atoms with Crippen LogP contribution in [0.1, 0.15) is 76.2 Å². The Morgan fingerprint density at radius 3 is 2.54 bits per heavy atom. The Kier molecular flexibility index (Phi) is 6.67. The standard InChI is InChI=1S/C23H31NO2/c1-2-3-4-5-6-7-12-22-16-21(17-23(25)24(22)26)20-14-13-18-10-8-9-11-19(18)15-20/h8-11,13-15,21-22,26H,2-7,12,16-17H2,1H3/t21-,22-/m0/s1. The van der Waals surface area contributed by atoms with Gasteiger partial charge < -0.3 is 0 Å². The van der Waals surface area contributed by atoms with E-state index in [1.807, 2.05) is 6.07 Å². The van der Waals surface area contributed by atoms with Crippen molar-refractivity contribution in [2.24, 2.45) is 0 Å². The Balaban J connectivity index is 1.62. The first-order valence-corrected chi connectivity index (χ1v) is 10.2. The number of hydrogen-bond acceptors (Lipinski definition) is 2. The molecule has 26 heavy (non-hydrogen) atoms. The highest BCUT2D eigenvalue weighted by Crippen LogP contribution is 2.34. The summed E-state index contributed by atoms with van der Waals surface area (Å²) in [5, 5.41) is 13.7. The monoisotopic (exact) mass is 353 g/mol. The molecule has 1 aliphatic rings. The molecule has 1 N–H and O–H groups in total. The fourth-order valence-corrected chi connectivity index (χ4v) is 4.14. The van der Waals surface area contributed by atoms with Crippen molar-refractivity contribution in [1.82, 2.24) is 5.06 Å². The third kappa shape index (κ3) is 4.64. The molecule has 2 aromatic rings. The molecule has 1 amide bonds. The Morgan fingerprint density at radius 1 is 1.00 bits per heavy atom. The number of amides is 1. The summed E-state index contributed by atoms with van der Waals surface area (Å²) in [7, 11) is 0. The molecular formula is C23H31NO2. The first-order chi connectivity index (χ1) is 12.7. The summed E-state index contributed by atoms with van der Waals surface area (Å²) >= 11 is 0. The smallest absolute Gasteiger partial charge is 0.246 e. The molecule has 3 nitrogen and oxygen atoms in total. The molecule has 1 saturated heterocycles. The molecule has 0 saturated carbocycles. The van der Waals surface area contributed by atoms with E-state index < -0.39 is 0 Å². The maximum absolute atomic E-state index is 12.3. The van der Waals surface area contributed by atoms with E-state index in [1.54, 1.807) is 0 Å². The maximum atomic E-state index is 12.3. The third-order valence-corrected chi connectivity index (χ3v) is 5.71. The van der Waals surface area contributed by atoms with Crippen LogP contribution in [0.2, 0.25) is 0 Å². The van der Waals surface area contributed by atoms with Gasteiger partial charge >= 0.3 is 0 Å². The van der Waals surface area contributed by atoms with Crippen LogP contribution >= 0.6 is 0 Å². The number of hydrogen-bond donors (Lipinski definition) is 1. The van der Waals surface area contributed by atoms with Crippen LogP contribution in [-0.2, 0) is 4.79 Å². The Morgan fingerprint density at radius 2 is 1.73 bits per heavy atom. The molecule has 0 radical (unpaired) electrons. The van der Waals surface area contributed by atoms with Crippen molar-refractivity contribution in [2.45, 2.75) is 76.7 Å². The summed E-state index contributed by atoms with van der Waals surface area (Å²) in [6, 6.07) is 14.8. The van der Waals surface area contributed by atoms with Crippen LogP contribution in [0.3, 0.4) is 0 Å². The highest BCUT2D eigenvalue weighted by molar-refractivity contribution is 5.83. The molecule has 2 atom stereocenters. The van der Waals surface area contributed by atoms with E-state index in [9.17, 15) is 10.0 Å². The van der Waals surface area contributed by atoms with Gasteiger partial charge in [0.15, 0.2) is 0 Å². The zero-order valence-corrected chi connectivity index (χ0v) is 15.9. The van der Waals surface area contributed by atoms with Crippen LogP contribution in [0.5, 0.6) is 0 Å². The van der Waals surface area contributed by atoms with Crippen LogP contribution in [0, 0.1) is 0 Å². The first-order valence-electron chi connectivity index (χ1n) is 10.2. The van der Waals surface area contributed by atoms with Crippen molar-refractivity contribution >= 4 is 16.7 Å². The number of carbonyl (C=O) groups excluding carboxylic acids is 1. The molecule has 3 rings (SSSR count). The van der Waals surface area contributed by atoms with Crippen LogP contribution in [-0.4, -0.2) is 22.2 Å². The number of carbonyl (C=O) groups is 1. The molecule has 1 fully saturated rings. The Bertz CT molecular complexity index is 727. The fraction of sp³-hybridized carbons (Fsp3) is 0.522. The van der Waals surface area contributed by atoms with Gasteiger partial charge in [0.1, 0.15) is 0 Å². The summed E-state index contributed by atoms with van der Waals surface area (Å²) in [4.78, 5) is 12.3. The number of piperidine rings is 1. The van der Waals surface area contributed by atoms with E-state index in [4.69, 9.17) is 0 Å². The Labute approximate surface area is 157 Å². The van der Waals surface area contributed by atoms with E-state index in [-0.39, 0.29) is 17.9 Å². The molecule has 0 bridgehead atoms. The second-order valence-corrected chi connectivity index (χ2v) is 7.69. The minimum Gasteiger partial charge on any atom is -0.286 e. The van der Waals surface area contributed by atoms with Gasteiger partial charge in [0.2, 0.25) is 5.91 Å². The molecule has 3 heteroatoms. The number of fused-ring (bicyclic) bond motifs is 1. The summed E-state index contributed by atoms with van der Waals surface area (Å²) in [6.45, 7) is 2.23. The topological polar surface area (TPSA) is 40.5 Å². The number of nitrogens with zero attached hydrogens (tertiary/aromatic N) is 1. The summed E-state index contributed by atoms with van der Waals surface area (Å²) < 4.78 is 0. The molecule has 140 valence electrons. The average Bonchev–Trinajstić information content (AvgIpc) is 2.67. The summed E-state index contributed by atoms with van der Waals surface area (Å²) in [5.41, 5.74) is 1.22. The Hall–Kier alpha value is -1.87. The van der Waals surface area contributed by atoms with E-state index in [0.29, 0.717) is 6.42 Å². The lowest BCUT2D eigenvalue weighted by Gasteiger charge is -2.35. The SMILES string of the molecule is CCCCCCCC[C@H]1C[C@H](c2ccc3ccccc3c2)CC(=O)N1O. The van der Waals surface area contributed by atoms with Crippen molar-refractivity contribution in [3.8, 4) is 0 Å². The van der Waals surface area contributed by atoms with E-state index in [1.165, 1.54) is 48.4 Å². The van der Waals surface area contributed by atoms with E-state index in [0.717, 1.165) is 24.3 Å². The van der Waals surface area contributed by atoms with Crippen LogP contribution in [0.15, 0.2) is 42.5 Å². The quantitative estimate of drug-likeness (QED) is 0.463. The zero-order valence-electron chi connectivity index (χ0n) is 15.9. The second kappa shape index (κ2) is 9.18. The van der Waals surface area contributed by atoms with Gasteiger partial charge in [0.05, 0.1) is 6.04 Å². The van der Waals surface area contributed by atoms with Crippen LogP contribution < -0.4 is 0 Å². The number of unbranched alkanes of at least 4 members (excludes halogenated alkanes) is 5. The molecule has 0 spiro atoms. The van der Waals surface area contributed by atoms with Gasteiger partial charge in [-0.1, -0.05) is 87.9 Å². The van der Waals surface area contributed by atoms with Gasteiger partial charge in [0, 0.05) is 6.42 Å². The molecule has 0 aromatic heterocycles. The minimum absolute atomic E-state index is 0.0427. The van der Waals surface area contributed by atoms with Crippen molar-refractivity contribution < 1.29 is 10.0 Å². The average molecular weight is 354 g/mol. The van der Waals surface area contributed by atoms with Crippen LogP contribution in [0.25, 0.3) is 10.8 Å². The molecular weight excluding hydrogens is 322 g/mol. The molecule has 1 heterocycles. The van der Waals surface area contributed by atoms with Gasteiger partial charge in [-0.05, 0) is 35.1 Å². The largest absolute Gasteiger partial charge is 0.286 e. The third-order valence-electron chi connectivity index (χ3n) is 5.71.